The van der Waals surface area contributed by atoms with Gasteiger partial charge in [0.05, 0.1) is 12.2 Å². The van der Waals surface area contributed by atoms with Crippen LogP contribution in [0.2, 0.25) is 0 Å². The molecule has 0 bridgehead atoms. The van der Waals surface area contributed by atoms with Crippen LogP contribution in [0.4, 0.5) is 17.5 Å². The van der Waals surface area contributed by atoms with Crippen LogP contribution in [0.15, 0.2) is 36.5 Å². The monoisotopic (exact) mass is 513 g/mol. The van der Waals surface area contributed by atoms with Gasteiger partial charge >= 0.3 is 10.1 Å². The zero-order valence-corrected chi connectivity index (χ0v) is 21.2. The SMILES string of the molecule is CCOc1cc(Cc2cnc(N)nc2N)cc(OS(=O)(=O)C2CCOCC2)c1-c1ccc(N)c(C)c1. The Labute approximate surface area is 210 Å². The number of hydrogen-bond acceptors (Lipinski definition) is 10. The highest BCUT2D eigenvalue weighted by atomic mass is 32.2. The van der Waals surface area contributed by atoms with E-state index in [2.05, 4.69) is 9.97 Å². The summed E-state index contributed by atoms with van der Waals surface area (Å²) in [4.78, 5) is 8.04. The van der Waals surface area contributed by atoms with Crippen molar-refractivity contribution in [3.05, 3.63) is 53.2 Å². The van der Waals surface area contributed by atoms with Crippen LogP contribution in [-0.2, 0) is 21.3 Å². The third-order valence-corrected chi connectivity index (χ3v) is 7.78. The van der Waals surface area contributed by atoms with Crippen LogP contribution in [-0.4, -0.2) is 43.5 Å². The van der Waals surface area contributed by atoms with E-state index >= 15 is 0 Å². The average molecular weight is 514 g/mol. The molecule has 0 saturated carbocycles. The van der Waals surface area contributed by atoms with Gasteiger partial charge in [0.1, 0.15) is 16.8 Å². The van der Waals surface area contributed by atoms with Gasteiger partial charge in [-0.2, -0.15) is 13.4 Å². The molecule has 36 heavy (non-hydrogen) atoms. The molecule has 1 fully saturated rings. The molecule has 1 aromatic heterocycles. The predicted octanol–water partition coefficient (Wildman–Crippen LogP) is 3.08. The van der Waals surface area contributed by atoms with E-state index in [0.717, 1.165) is 11.1 Å². The van der Waals surface area contributed by atoms with E-state index in [1.807, 2.05) is 32.0 Å². The maximum absolute atomic E-state index is 13.3. The summed E-state index contributed by atoms with van der Waals surface area (Å²) in [7, 11) is -3.95. The third kappa shape index (κ3) is 5.63. The number of anilines is 3. The fourth-order valence-corrected chi connectivity index (χ4v) is 5.43. The predicted molar refractivity (Wildman–Crippen MR) is 139 cm³/mol. The standard InChI is InChI=1S/C25H31N5O5S/c1-3-34-21-12-16(11-18-14-29-25(28)30-24(18)27)13-22(23(21)17-4-5-20(26)15(2)10-17)35-36(31,32)19-6-8-33-9-7-19/h4-5,10,12-14,19H,3,6-9,11,26H2,1-2H3,(H4,27,28,29,30). The van der Waals surface area contributed by atoms with Gasteiger partial charge in [0.25, 0.3) is 0 Å². The van der Waals surface area contributed by atoms with E-state index in [1.54, 1.807) is 18.3 Å². The van der Waals surface area contributed by atoms with Crippen molar-refractivity contribution in [2.75, 3.05) is 37.0 Å². The summed E-state index contributed by atoms with van der Waals surface area (Å²) in [5.41, 5.74) is 21.8. The van der Waals surface area contributed by atoms with E-state index in [4.69, 9.17) is 30.9 Å². The molecule has 1 aliphatic heterocycles. The average Bonchev–Trinajstić information content (AvgIpc) is 2.83. The van der Waals surface area contributed by atoms with Gasteiger partial charge in [0.2, 0.25) is 5.95 Å². The molecule has 0 amide bonds. The van der Waals surface area contributed by atoms with Crippen molar-refractivity contribution >= 4 is 27.6 Å². The molecular formula is C25H31N5O5S. The molecule has 1 saturated heterocycles. The van der Waals surface area contributed by atoms with Crippen LogP contribution >= 0.6 is 0 Å². The molecule has 11 heteroatoms. The Balaban J connectivity index is 1.85. The fourth-order valence-electron chi connectivity index (χ4n) is 4.15. The summed E-state index contributed by atoms with van der Waals surface area (Å²) >= 11 is 0. The van der Waals surface area contributed by atoms with Crippen LogP contribution in [0.25, 0.3) is 11.1 Å². The van der Waals surface area contributed by atoms with E-state index in [1.165, 1.54) is 0 Å². The number of ether oxygens (including phenoxy) is 2. The first-order valence-corrected chi connectivity index (χ1v) is 13.2. The first kappa shape index (κ1) is 25.5. The topological polar surface area (TPSA) is 166 Å². The van der Waals surface area contributed by atoms with Crippen LogP contribution in [0.3, 0.4) is 0 Å². The van der Waals surface area contributed by atoms with Crippen LogP contribution in [0, 0.1) is 6.92 Å². The van der Waals surface area contributed by atoms with Crippen molar-refractivity contribution in [3.63, 3.8) is 0 Å². The van der Waals surface area contributed by atoms with Crippen molar-refractivity contribution in [3.8, 4) is 22.6 Å². The zero-order chi connectivity index (χ0) is 25.9. The number of nitrogens with two attached hydrogens (primary N) is 3. The normalized spacial score (nSPS) is 14.5. The van der Waals surface area contributed by atoms with E-state index in [0.29, 0.717) is 67.2 Å². The second kappa shape index (κ2) is 10.6. The number of nitrogen functional groups attached to an aromatic ring is 3. The van der Waals surface area contributed by atoms with E-state index in [-0.39, 0.29) is 17.5 Å². The minimum Gasteiger partial charge on any atom is -0.493 e. The van der Waals surface area contributed by atoms with Crippen LogP contribution in [0.5, 0.6) is 11.5 Å². The molecule has 3 aromatic rings. The van der Waals surface area contributed by atoms with E-state index < -0.39 is 15.4 Å². The molecule has 0 atom stereocenters. The Hall–Kier alpha value is -3.57. The Morgan fingerprint density at radius 1 is 1.08 bits per heavy atom. The quantitative estimate of drug-likeness (QED) is 0.301. The number of aromatic nitrogens is 2. The highest BCUT2D eigenvalue weighted by molar-refractivity contribution is 7.87. The molecule has 4 rings (SSSR count). The summed E-state index contributed by atoms with van der Waals surface area (Å²) < 4.78 is 43.7. The number of rotatable bonds is 8. The minimum atomic E-state index is -3.95. The molecule has 10 nitrogen and oxygen atoms in total. The van der Waals surface area contributed by atoms with Gasteiger partial charge in [-0.1, -0.05) is 6.07 Å². The molecule has 0 unspecified atom stereocenters. The third-order valence-electron chi connectivity index (χ3n) is 6.08. The summed E-state index contributed by atoms with van der Waals surface area (Å²) in [6.07, 6.45) is 2.61. The van der Waals surface area contributed by atoms with Crippen molar-refractivity contribution in [1.82, 2.24) is 9.97 Å². The molecule has 2 heterocycles. The summed E-state index contributed by atoms with van der Waals surface area (Å²) in [6, 6.07) is 9.01. The van der Waals surface area contributed by atoms with Crippen LogP contribution in [0.1, 0.15) is 36.5 Å². The highest BCUT2D eigenvalue weighted by Crippen LogP contribution is 2.42. The van der Waals surface area contributed by atoms with Gasteiger partial charge < -0.3 is 30.9 Å². The lowest BCUT2D eigenvalue weighted by atomic mass is 9.97. The summed E-state index contributed by atoms with van der Waals surface area (Å²) in [5, 5.41) is -0.660. The van der Waals surface area contributed by atoms with Crippen molar-refractivity contribution in [2.24, 2.45) is 0 Å². The lowest BCUT2D eigenvalue weighted by Gasteiger charge is -2.24. The first-order chi connectivity index (χ1) is 17.2. The van der Waals surface area contributed by atoms with Gasteiger partial charge in [-0.3, -0.25) is 0 Å². The van der Waals surface area contributed by atoms with Gasteiger partial charge in [-0.15, -0.1) is 0 Å². The van der Waals surface area contributed by atoms with Crippen molar-refractivity contribution < 1.29 is 22.1 Å². The van der Waals surface area contributed by atoms with Crippen molar-refractivity contribution in [1.29, 1.82) is 0 Å². The maximum atomic E-state index is 13.3. The molecule has 6 N–H and O–H groups in total. The highest BCUT2D eigenvalue weighted by Gasteiger charge is 2.31. The Kier molecular flexibility index (Phi) is 7.51. The molecule has 0 radical (unpaired) electrons. The molecule has 192 valence electrons. The lowest BCUT2D eigenvalue weighted by molar-refractivity contribution is 0.0971. The molecule has 2 aromatic carbocycles. The minimum absolute atomic E-state index is 0.0758. The second-order valence-electron chi connectivity index (χ2n) is 8.67. The smallest absolute Gasteiger partial charge is 0.312 e. The number of benzene rings is 2. The zero-order valence-electron chi connectivity index (χ0n) is 20.4. The molecule has 1 aliphatic rings. The molecule has 0 aliphatic carbocycles. The van der Waals surface area contributed by atoms with Crippen molar-refractivity contribution in [2.45, 2.75) is 38.4 Å². The van der Waals surface area contributed by atoms with Gasteiger partial charge in [-0.05, 0) is 67.6 Å². The largest absolute Gasteiger partial charge is 0.493 e. The maximum Gasteiger partial charge on any atom is 0.312 e. The van der Waals surface area contributed by atoms with Crippen LogP contribution < -0.4 is 26.1 Å². The van der Waals surface area contributed by atoms with Gasteiger partial charge in [-0.25, -0.2) is 4.98 Å². The first-order valence-electron chi connectivity index (χ1n) is 11.7. The van der Waals surface area contributed by atoms with Gasteiger partial charge in [0.15, 0.2) is 5.75 Å². The summed E-state index contributed by atoms with van der Waals surface area (Å²) in [5.74, 6) is 0.968. The molecule has 0 spiro atoms. The lowest BCUT2D eigenvalue weighted by Crippen LogP contribution is -2.32. The second-order valence-corrected chi connectivity index (χ2v) is 10.5. The molecular weight excluding hydrogens is 482 g/mol. The van der Waals surface area contributed by atoms with Gasteiger partial charge in [0, 0.05) is 37.1 Å². The number of hydrogen-bond donors (Lipinski definition) is 3. The number of aryl methyl sites for hydroxylation is 1. The van der Waals surface area contributed by atoms with E-state index in [9.17, 15) is 8.42 Å². The Bertz CT molecular complexity index is 1360. The Morgan fingerprint density at radius 3 is 2.47 bits per heavy atom. The summed E-state index contributed by atoms with van der Waals surface area (Å²) in [6.45, 7) is 4.85. The number of nitrogens with zero attached hydrogens (tertiary/aromatic N) is 2. The Morgan fingerprint density at radius 2 is 1.81 bits per heavy atom. The fraction of sp³-hybridized carbons (Fsp3) is 0.360.